The second-order valence-electron chi connectivity index (χ2n) is 11.1. The van der Waals surface area contributed by atoms with Crippen LogP contribution in [0.15, 0.2) is 91.0 Å². The average molecular weight is 545 g/mol. The summed E-state index contributed by atoms with van der Waals surface area (Å²) < 4.78 is 12.3. The molecule has 0 N–H and O–H groups in total. The smallest absolute Gasteiger partial charge is 0.416 e. The molecule has 5 rings (SSSR count). The number of nitrogens with zero attached hydrogens (tertiary/aromatic N) is 2. The Kier molecular flexibility index (Phi) is 8.00. The zero-order valence-electron chi connectivity index (χ0n) is 22.8. The van der Waals surface area contributed by atoms with E-state index in [1.54, 1.807) is 0 Å². The minimum atomic E-state index is -2.85. The molecule has 39 heavy (non-hydrogen) atoms. The SMILES string of the molecule is CC(C)(C)[Si](OC[C@@H]1[C@H](C(=O)N2CCOC2=O)CON1Cc1ccccc1)(c1ccccc1)c1ccccc1. The first-order valence-electron chi connectivity index (χ1n) is 13.5. The van der Waals surface area contributed by atoms with Gasteiger partial charge in [-0.1, -0.05) is 112 Å². The van der Waals surface area contributed by atoms with Gasteiger partial charge in [0.25, 0.3) is 8.32 Å². The Bertz CT molecular complexity index is 1230. The minimum absolute atomic E-state index is 0.185. The first-order chi connectivity index (χ1) is 18.8. The lowest BCUT2D eigenvalue weighted by Gasteiger charge is -2.44. The van der Waals surface area contributed by atoms with Crippen LogP contribution in [0.3, 0.4) is 0 Å². The summed E-state index contributed by atoms with van der Waals surface area (Å²) >= 11 is 0. The van der Waals surface area contributed by atoms with Crippen molar-refractivity contribution in [2.75, 3.05) is 26.4 Å². The summed E-state index contributed by atoms with van der Waals surface area (Å²) in [4.78, 5) is 33.2. The molecule has 2 atom stereocenters. The topological polar surface area (TPSA) is 68.3 Å². The first-order valence-corrected chi connectivity index (χ1v) is 15.4. The van der Waals surface area contributed by atoms with E-state index < -0.39 is 20.3 Å². The van der Waals surface area contributed by atoms with Crippen molar-refractivity contribution in [2.45, 2.75) is 38.4 Å². The largest absolute Gasteiger partial charge is 0.447 e. The van der Waals surface area contributed by atoms with Crippen LogP contribution in [0.2, 0.25) is 5.04 Å². The number of ether oxygens (including phenoxy) is 1. The summed E-state index contributed by atoms with van der Waals surface area (Å²) in [7, 11) is -2.85. The number of benzene rings is 3. The first kappa shape index (κ1) is 27.3. The highest BCUT2D eigenvalue weighted by atomic mass is 28.4. The Morgan fingerprint density at radius 1 is 0.923 bits per heavy atom. The summed E-state index contributed by atoms with van der Waals surface area (Å²) in [6, 6.07) is 30.5. The van der Waals surface area contributed by atoms with E-state index in [2.05, 4.69) is 69.3 Å². The normalized spacial score (nSPS) is 20.3. The second kappa shape index (κ2) is 11.4. The van der Waals surface area contributed by atoms with E-state index in [-0.39, 0.29) is 43.4 Å². The average Bonchev–Trinajstić information content (AvgIpc) is 3.55. The predicted octanol–water partition coefficient (Wildman–Crippen LogP) is 3.97. The summed E-state index contributed by atoms with van der Waals surface area (Å²) in [5.41, 5.74) is 1.07. The van der Waals surface area contributed by atoms with Gasteiger partial charge in [-0.05, 0) is 21.0 Å². The molecule has 3 aromatic rings. The molecule has 2 fully saturated rings. The molecular weight excluding hydrogens is 508 g/mol. The third-order valence-electron chi connectivity index (χ3n) is 7.67. The summed E-state index contributed by atoms with van der Waals surface area (Å²) in [6.07, 6.45) is -0.590. The van der Waals surface area contributed by atoms with E-state index >= 15 is 0 Å². The van der Waals surface area contributed by atoms with Crippen molar-refractivity contribution in [1.29, 1.82) is 0 Å². The molecule has 204 valence electrons. The molecule has 7 nitrogen and oxygen atoms in total. The van der Waals surface area contributed by atoms with Gasteiger partial charge >= 0.3 is 6.09 Å². The van der Waals surface area contributed by atoms with Gasteiger partial charge in [0.05, 0.1) is 31.7 Å². The van der Waals surface area contributed by atoms with Gasteiger partial charge in [-0.15, -0.1) is 0 Å². The van der Waals surface area contributed by atoms with Gasteiger partial charge in [-0.2, -0.15) is 5.06 Å². The molecule has 2 saturated heterocycles. The molecule has 0 spiro atoms. The number of carbonyl (C=O) groups excluding carboxylic acids is 2. The fourth-order valence-electron chi connectivity index (χ4n) is 5.71. The van der Waals surface area contributed by atoms with Crippen molar-refractivity contribution in [3.63, 3.8) is 0 Å². The number of hydrogen-bond donors (Lipinski definition) is 0. The van der Waals surface area contributed by atoms with Crippen LogP contribution >= 0.6 is 0 Å². The zero-order chi connectivity index (χ0) is 27.5. The van der Waals surface area contributed by atoms with Crippen LogP contribution in [0, 0.1) is 5.92 Å². The summed E-state index contributed by atoms with van der Waals surface area (Å²) in [6.45, 7) is 8.14. The molecule has 0 bridgehead atoms. The Morgan fingerprint density at radius 3 is 2.00 bits per heavy atom. The lowest BCUT2D eigenvalue weighted by molar-refractivity contribution is -0.145. The Balaban J connectivity index is 1.51. The maximum atomic E-state index is 13.6. The van der Waals surface area contributed by atoms with E-state index in [1.165, 1.54) is 15.3 Å². The van der Waals surface area contributed by atoms with Crippen molar-refractivity contribution >= 4 is 30.7 Å². The van der Waals surface area contributed by atoms with Crippen LogP contribution in [0.5, 0.6) is 0 Å². The number of carbonyl (C=O) groups is 2. The monoisotopic (exact) mass is 544 g/mol. The third kappa shape index (κ3) is 5.42. The standard InChI is InChI=1S/C31H36N2O5Si/c1-31(2,3)39(25-15-9-5-10-16-25,26-17-11-6-12-18-26)38-23-28-27(29(34)32-19-20-36-30(32)35)22-37-33(28)21-24-13-7-4-8-14-24/h4-18,27-28H,19-23H2,1-3H3/t27-,28-/m1/s1. The molecule has 2 aliphatic heterocycles. The molecule has 0 unspecified atom stereocenters. The molecule has 2 amide bonds. The fraction of sp³-hybridized carbons (Fsp3) is 0.355. The van der Waals surface area contributed by atoms with Gasteiger partial charge in [-0.25, -0.2) is 9.69 Å². The maximum absolute atomic E-state index is 13.6. The Hall–Kier alpha value is -3.30. The quantitative estimate of drug-likeness (QED) is 0.400. The van der Waals surface area contributed by atoms with E-state index in [4.69, 9.17) is 14.0 Å². The zero-order valence-corrected chi connectivity index (χ0v) is 23.8. The van der Waals surface area contributed by atoms with Crippen LogP contribution in [0.1, 0.15) is 26.3 Å². The second-order valence-corrected chi connectivity index (χ2v) is 15.4. The molecule has 0 aliphatic carbocycles. The predicted molar refractivity (Wildman–Crippen MR) is 152 cm³/mol. The minimum Gasteiger partial charge on any atom is -0.447 e. The molecular formula is C31H36N2O5Si. The van der Waals surface area contributed by atoms with Crippen molar-refractivity contribution < 1.29 is 23.6 Å². The van der Waals surface area contributed by atoms with Crippen LogP contribution in [-0.4, -0.2) is 62.7 Å². The highest BCUT2D eigenvalue weighted by Gasteiger charge is 2.52. The van der Waals surface area contributed by atoms with Gasteiger partial charge < -0.3 is 9.16 Å². The van der Waals surface area contributed by atoms with Gasteiger partial charge in [0.1, 0.15) is 6.61 Å². The van der Waals surface area contributed by atoms with E-state index in [9.17, 15) is 9.59 Å². The summed E-state index contributed by atoms with van der Waals surface area (Å²) in [5, 5.41) is 3.99. The highest BCUT2D eigenvalue weighted by Crippen LogP contribution is 2.38. The van der Waals surface area contributed by atoms with Crippen molar-refractivity contribution in [3.8, 4) is 0 Å². The lowest BCUT2D eigenvalue weighted by Crippen LogP contribution is -2.67. The number of hydrogen-bond acceptors (Lipinski definition) is 6. The Labute approximate surface area is 231 Å². The number of amides is 2. The van der Waals surface area contributed by atoms with Crippen LogP contribution < -0.4 is 10.4 Å². The molecule has 0 saturated carbocycles. The van der Waals surface area contributed by atoms with Gasteiger partial charge in [0.2, 0.25) is 5.91 Å². The van der Waals surface area contributed by atoms with E-state index in [1.807, 2.05) is 47.5 Å². The number of imide groups is 1. The lowest BCUT2D eigenvalue weighted by atomic mass is 10.0. The van der Waals surface area contributed by atoms with E-state index in [0.717, 1.165) is 5.56 Å². The summed E-state index contributed by atoms with van der Waals surface area (Å²) in [5.74, 6) is -0.832. The third-order valence-corrected chi connectivity index (χ3v) is 12.7. The van der Waals surface area contributed by atoms with E-state index in [0.29, 0.717) is 6.54 Å². The molecule has 3 aromatic carbocycles. The van der Waals surface area contributed by atoms with Crippen LogP contribution in [-0.2, 0) is 25.3 Å². The van der Waals surface area contributed by atoms with Crippen molar-refractivity contribution in [3.05, 3.63) is 96.6 Å². The molecule has 2 aliphatic rings. The van der Waals surface area contributed by atoms with Crippen LogP contribution in [0.4, 0.5) is 4.79 Å². The van der Waals surface area contributed by atoms with Crippen LogP contribution in [0.25, 0.3) is 0 Å². The molecule has 0 aromatic heterocycles. The molecule has 2 heterocycles. The van der Waals surface area contributed by atoms with Crippen molar-refractivity contribution in [1.82, 2.24) is 9.96 Å². The number of cyclic esters (lactones) is 1. The maximum Gasteiger partial charge on any atom is 0.416 e. The molecule has 0 radical (unpaired) electrons. The molecule has 8 heteroatoms. The van der Waals surface area contributed by atoms with Gasteiger partial charge in [-0.3, -0.25) is 9.63 Å². The van der Waals surface area contributed by atoms with Gasteiger partial charge in [0.15, 0.2) is 0 Å². The fourth-order valence-corrected chi connectivity index (χ4v) is 10.3. The number of hydroxylamine groups is 2. The highest BCUT2D eigenvalue weighted by molar-refractivity contribution is 6.99. The van der Waals surface area contributed by atoms with Crippen molar-refractivity contribution in [2.24, 2.45) is 5.92 Å². The van der Waals surface area contributed by atoms with Gasteiger partial charge in [0, 0.05) is 6.54 Å². The number of rotatable bonds is 8. The Morgan fingerprint density at radius 2 is 1.49 bits per heavy atom.